The van der Waals surface area contributed by atoms with Crippen molar-refractivity contribution in [2.45, 2.75) is 38.9 Å². The van der Waals surface area contributed by atoms with Crippen molar-refractivity contribution < 1.29 is 9.31 Å². The molecule has 21 heavy (non-hydrogen) atoms. The van der Waals surface area contributed by atoms with Crippen LogP contribution in [0.3, 0.4) is 0 Å². The predicted molar refractivity (Wildman–Crippen MR) is 91.7 cm³/mol. The molecule has 0 atom stereocenters. The predicted octanol–water partition coefficient (Wildman–Crippen LogP) is 2.88. The Balaban J connectivity index is 2.52. The van der Waals surface area contributed by atoms with Gasteiger partial charge in [0.15, 0.2) is 8.24 Å². The quantitative estimate of drug-likeness (QED) is 0.815. The van der Waals surface area contributed by atoms with Crippen molar-refractivity contribution in [2.24, 2.45) is 0 Å². The van der Waals surface area contributed by atoms with E-state index in [0.717, 1.165) is 16.5 Å². The minimum absolute atomic E-state index is 0.265. The molecule has 0 aliphatic carbocycles. The molecule has 0 spiro atoms. The number of hydrogen-bond acceptors (Lipinski definition) is 3. The third-order valence-corrected chi connectivity index (χ3v) is 9.92. The van der Waals surface area contributed by atoms with Gasteiger partial charge in [-0.25, -0.2) is 4.98 Å². The standard InChI is InChI=1S/C15H25BN2O2Si/c1-15(2,3)21(6,7)18-9-8-12-10-13(11-17-14(12)18)16(19-4)20-5/h8-11H,1-7H3. The van der Waals surface area contributed by atoms with E-state index in [-0.39, 0.29) is 12.2 Å². The van der Waals surface area contributed by atoms with Gasteiger partial charge in [0.25, 0.3) is 0 Å². The molecule has 0 fully saturated rings. The zero-order valence-corrected chi connectivity index (χ0v) is 15.1. The van der Waals surface area contributed by atoms with Crippen molar-refractivity contribution in [1.82, 2.24) is 9.22 Å². The van der Waals surface area contributed by atoms with Crippen LogP contribution in [0.1, 0.15) is 20.8 Å². The lowest BCUT2D eigenvalue weighted by Crippen LogP contribution is -2.45. The van der Waals surface area contributed by atoms with E-state index < -0.39 is 8.24 Å². The van der Waals surface area contributed by atoms with Gasteiger partial charge in [0, 0.05) is 31.3 Å². The molecule has 0 saturated heterocycles. The molecule has 2 aromatic heterocycles. The zero-order valence-electron chi connectivity index (χ0n) is 14.1. The van der Waals surface area contributed by atoms with Crippen molar-refractivity contribution in [3.05, 3.63) is 24.5 Å². The first-order chi connectivity index (χ1) is 9.72. The molecule has 4 nitrogen and oxygen atoms in total. The number of hydrogen-bond donors (Lipinski definition) is 0. The Morgan fingerprint density at radius 2 is 1.81 bits per heavy atom. The van der Waals surface area contributed by atoms with E-state index in [0.29, 0.717) is 0 Å². The van der Waals surface area contributed by atoms with Crippen molar-refractivity contribution >= 4 is 31.9 Å². The Morgan fingerprint density at radius 1 is 1.19 bits per heavy atom. The highest BCUT2D eigenvalue weighted by Gasteiger charge is 2.38. The molecule has 0 bridgehead atoms. The number of aromatic nitrogens is 2. The highest BCUT2D eigenvalue weighted by Crippen LogP contribution is 2.38. The van der Waals surface area contributed by atoms with Crippen LogP contribution in [0.2, 0.25) is 18.1 Å². The highest BCUT2D eigenvalue weighted by molar-refractivity contribution is 6.79. The van der Waals surface area contributed by atoms with E-state index in [9.17, 15) is 0 Å². The number of rotatable bonds is 4. The van der Waals surface area contributed by atoms with Crippen molar-refractivity contribution in [1.29, 1.82) is 0 Å². The number of fused-ring (bicyclic) bond motifs is 1. The molecule has 114 valence electrons. The van der Waals surface area contributed by atoms with Crippen LogP contribution < -0.4 is 5.46 Å². The van der Waals surface area contributed by atoms with Crippen LogP contribution in [0, 0.1) is 0 Å². The van der Waals surface area contributed by atoms with Gasteiger partial charge >= 0.3 is 7.12 Å². The van der Waals surface area contributed by atoms with E-state index in [1.165, 1.54) is 0 Å². The van der Waals surface area contributed by atoms with Gasteiger partial charge in [0.2, 0.25) is 0 Å². The summed E-state index contributed by atoms with van der Waals surface area (Å²) < 4.78 is 13.0. The summed E-state index contributed by atoms with van der Waals surface area (Å²) in [6.45, 7) is 11.7. The van der Waals surface area contributed by atoms with Crippen molar-refractivity contribution in [3.8, 4) is 0 Å². The zero-order chi connectivity index (χ0) is 15.8. The van der Waals surface area contributed by atoms with Crippen LogP contribution in [-0.2, 0) is 9.31 Å². The molecule has 2 aromatic rings. The summed E-state index contributed by atoms with van der Waals surface area (Å²) in [7, 11) is 1.25. The minimum atomic E-state index is -1.66. The van der Waals surface area contributed by atoms with Crippen LogP contribution >= 0.6 is 0 Å². The Hall–Kier alpha value is -1.11. The molecule has 0 aliphatic rings. The van der Waals surface area contributed by atoms with E-state index in [4.69, 9.17) is 9.31 Å². The normalized spacial score (nSPS) is 12.9. The Kier molecular flexibility index (Phi) is 4.33. The third-order valence-electron chi connectivity index (χ3n) is 4.69. The fraction of sp³-hybridized carbons (Fsp3) is 0.533. The monoisotopic (exact) mass is 304 g/mol. The van der Waals surface area contributed by atoms with Gasteiger partial charge in [0.05, 0.1) is 0 Å². The lowest BCUT2D eigenvalue weighted by atomic mass is 9.80. The van der Waals surface area contributed by atoms with Gasteiger partial charge in [-0.2, -0.15) is 0 Å². The van der Waals surface area contributed by atoms with E-state index in [2.05, 4.69) is 61.4 Å². The van der Waals surface area contributed by atoms with Gasteiger partial charge in [-0.3, -0.25) is 0 Å². The summed E-state index contributed by atoms with van der Waals surface area (Å²) in [5.74, 6) is 0. The summed E-state index contributed by atoms with van der Waals surface area (Å²) in [5.41, 5.74) is 2.00. The first-order valence-corrected chi connectivity index (χ1v) is 10.2. The van der Waals surface area contributed by atoms with Gasteiger partial charge in [-0.1, -0.05) is 33.9 Å². The van der Waals surface area contributed by atoms with Gasteiger partial charge in [-0.15, -0.1) is 0 Å². The van der Waals surface area contributed by atoms with Crippen LogP contribution in [-0.4, -0.2) is 38.8 Å². The second-order valence-electron chi connectivity index (χ2n) is 6.98. The summed E-state index contributed by atoms with van der Waals surface area (Å²) in [6, 6.07) is 4.23. The molecular formula is C15H25BN2O2Si. The van der Waals surface area contributed by atoms with Crippen LogP contribution in [0.25, 0.3) is 11.0 Å². The van der Waals surface area contributed by atoms with E-state index >= 15 is 0 Å². The van der Waals surface area contributed by atoms with Crippen molar-refractivity contribution in [3.63, 3.8) is 0 Å². The lowest BCUT2D eigenvalue weighted by Gasteiger charge is -2.38. The molecule has 0 radical (unpaired) electrons. The largest absolute Gasteiger partial charge is 0.495 e. The molecule has 2 heterocycles. The first kappa shape index (κ1) is 16.3. The average Bonchev–Trinajstić information content (AvgIpc) is 2.82. The highest BCUT2D eigenvalue weighted by atomic mass is 28.3. The smallest absolute Gasteiger partial charge is 0.410 e. The fourth-order valence-electron chi connectivity index (χ4n) is 2.35. The molecule has 0 aliphatic heterocycles. The second-order valence-corrected chi connectivity index (χ2v) is 12.1. The summed E-state index contributed by atoms with van der Waals surface area (Å²) >= 11 is 0. The molecule has 0 N–H and O–H groups in total. The summed E-state index contributed by atoms with van der Waals surface area (Å²) in [4.78, 5) is 4.68. The van der Waals surface area contributed by atoms with Crippen LogP contribution in [0.15, 0.2) is 24.5 Å². The third kappa shape index (κ3) is 2.80. The lowest BCUT2D eigenvalue weighted by molar-refractivity contribution is 0.292. The SMILES string of the molecule is COB(OC)c1cnc2c(ccn2[Si](C)(C)C(C)(C)C)c1. The summed E-state index contributed by atoms with van der Waals surface area (Å²) in [5, 5.41) is 1.40. The molecule has 0 unspecified atom stereocenters. The first-order valence-electron chi connectivity index (χ1n) is 7.25. The Bertz CT molecular complexity index is 630. The van der Waals surface area contributed by atoms with E-state index in [1.54, 1.807) is 14.2 Å². The van der Waals surface area contributed by atoms with Crippen molar-refractivity contribution in [2.75, 3.05) is 14.2 Å². The second kappa shape index (κ2) is 5.59. The van der Waals surface area contributed by atoms with E-state index in [1.807, 2.05) is 6.20 Å². The van der Waals surface area contributed by atoms with Crippen LogP contribution in [0.5, 0.6) is 0 Å². The Labute approximate surface area is 128 Å². The molecule has 0 aromatic carbocycles. The van der Waals surface area contributed by atoms with Gasteiger partial charge in [-0.05, 0) is 23.4 Å². The topological polar surface area (TPSA) is 36.3 Å². The molecular weight excluding hydrogens is 279 g/mol. The molecule has 6 heteroatoms. The Morgan fingerprint density at radius 3 is 2.33 bits per heavy atom. The minimum Gasteiger partial charge on any atom is -0.410 e. The molecule has 0 saturated carbocycles. The van der Waals surface area contributed by atoms with Crippen LogP contribution in [0.4, 0.5) is 0 Å². The number of pyridine rings is 1. The molecule has 0 amide bonds. The number of nitrogens with zero attached hydrogens (tertiary/aromatic N) is 2. The summed E-state index contributed by atoms with van der Waals surface area (Å²) in [6.07, 6.45) is 4.02. The average molecular weight is 304 g/mol. The van der Waals surface area contributed by atoms with Gasteiger partial charge < -0.3 is 13.5 Å². The maximum absolute atomic E-state index is 5.30. The van der Waals surface area contributed by atoms with Gasteiger partial charge in [0.1, 0.15) is 5.65 Å². The fourth-order valence-corrected chi connectivity index (χ4v) is 4.24. The maximum atomic E-state index is 5.30. The molecule has 2 rings (SSSR count). The maximum Gasteiger partial charge on any atom is 0.495 e.